The van der Waals surface area contributed by atoms with Crippen LogP contribution in [0.15, 0.2) is 4.52 Å². The number of aliphatic hydroxyl groups is 1. The van der Waals surface area contributed by atoms with Crippen LogP contribution in [0.3, 0.4) is 0 Å². The number of carbonyl (C=O) groups is 2. The smallest absolute Gasteiger partial charge is 0.326 e. The summed E-state index contributed by atoms with van der Waals surface area (Å²) >= 11 is 0. The fourth-order valence-corrected chi connectivity index (χ4v) is 1.90. The molecule has 136 valence electrons. The highest BCUT2D eigenvalue weighted by molar-refractivity contribution is 5.82. The van der Waals surface area contributed by atoms with Crippen molar-refractivity contribution < 1.29 is 24.3 Å². The Morgan fingerprint density at radius 2 is 2.12 bits per heavy atom. The summed E-state index contributed by atoms with van der Waals surface area (Å²) in [7, 11) is 1.64. The minimum atomic E-state index is -1.11. The first kappa shape index (κ1) is 19.8. The van der Waals surface area contributed by atoms with Gasteiger partial charge in [-0.25, -0.2) is 9.59 Å². The average Bonchev–Trinajstić information content (AvgIpc) is 3.02. The van der Waals surface area contributed by atoms with Gasteiger partial charge < -0.3 is 36.4 Å². The Morgan fingerprint density at radius 3 is 2.71 bits per heavy atom. The highest BCUT2D eigenvalue weighted by Crippen LogP contribution is 2.07. The molecule has 1 rings (SSSR count). The van der Waals surface area contributed by atoms with E-state index in [0.29, 0.717) is 25.8 Å². The number of nitrogens with two attached hydrogens (primary N) is 1. The number of amides is 2. The van der Waals surface area contributed by atoms with E-state index in [0.717, 1.165) is 0 Å². The molecule has 7 N–H and O–H groups in total. The fourth-order valence-electron chi connectivity index (χ4n) is 1.90. The molecule has 1 heterocycles. The molecule has 2 atom stereocenters. The van der Waals surface area contributed by atoms with E-state index in [2.05, 4.69) is 26.1 Å². The molecule has 11 nitrogen and oxygen atoms in total. The SMILES string of the molecule is CNC(CO)c1noc(CNC(=O)N[C@@H](CCCCN)C(=O)O)n1. The van der Waals surface area contributed by atoms with E-state index < -0.39 is 24.1 Å². The molecular weight excluding hydrogens is 320 g/mol. The van der Waals surface area contributed by atoms with Crippen molar-refractivity contribution in [2.24, 2.45) is 5.73 Å². The van der Waals surface area contributed by atoms with Crippen LogP contribution in [0.1, 0.15) is 37.0 Å². The number of aromatic nitrogens is 2. The third-order valence-electron chi connectivity index (χ3n) is 3.28. The van der Waals surface area contributed by atoms with Gasteiger partial charge in [-0.2, -0.15) is 4.98 Å². The van der Waals surface area contributed by atoms with E-state index in [1.807, 2.05) is 0 Å². The van der Waals surface area contributed by atoms with E-state index in [4.69, 9.17) is 20.5 Å². The lowest BCUT2D eigenvalue weighted by Crippen LogP contribution is -2.45. The van der Waals surface area contributed by atoms with Crippen molar-refractivity contribution >= 4 is 12.0 Å². The lowest BCUT2D eigenvalue weighted by atomic mass is 10.1. The van der Waals surface area contributed by atoms with Crippen LogP contribution >= 0.6 is 0 Å². The fraction of sp³-hybridized carbons (Fsp3) is 0.692. The normalized spacial score (nSPS) is 13.3. The summed E-state index contributed by atoms with van der Waals surface area (Å²) in [6.07, 6.45) is 1.59. The predicted octanol–water partition coefficient (Wildman–Crippen LogP) is -1.30. The molecule has 0 fully saturated rings. The van der Waals surface area contributed by atoms with Crippen LogP contribution in [0.2, 0.25) is 0 Å². The van der Waals surface area contributed by atoms with E-state index in [1.54, 1.807) is 7.05 Å². The van der Waals surface area contributed by atoms with Crippen LogP contribution in [0.5, 0.6) is 0 Å². The van der Waals surface area contributed by atoms with Crippen LogP contribution in [-0.2, 0) is 11.3 Å². The molecule has 0 aliphatic heterocycles. The topological polar surface area (TPSA) is 176 Å². The zero-order valence-electron chi connectivity index (χ0n) is 13.5. The molecule has 0 saturated heterocycles. The van der Waals surface area contributed by atoms with Gasteiger partial charge in [0, 0.05) is 0 Å². The summed E-state index contributed by atoms with van der Waals surface area (Å²) in [6.45, 7) is 0.210. The Labute approximate surface area is 139 Å². The van der Waals surface area contributed by atoms with Crippen molar-refractivity contribution in [2.45, 2.75) is 37.9 Å². The van der Waals surface area contributed by atoms with Gasteiger partial charge in [-0.15, -0.1) is 0 Å². The zero-order valence-corrected chi connectivity index (χ0v) is 13.5. The van der Waals surface area contributed by atoms with Gasteiger partial charge in [0.1, 0.15) is 6.04 Å². The molecule has 1 aromatic rings. The number of likely N-dealkylation sites (N-methyl/N-ethyl adjacent to an activating group) is 1. The molecule has 0 aromatic carbocycles. The van der Waals surface area contributed by atoms with E-state index in [1.165, 1.54) is 0 Å². The number of urea groups is 1. The molecule has 1 aromatic heterocycles. The van der Waals surface area contributed by atoms with Crippen LogP contribution in [0, 0.1) is 0 Å². The summed E-state index contributed by atoms with van der Waals surface area (Å²) < 4.78 is 4.95. The Morgan fingerprint density at radius 1 is 1.38 bits per heavy atom. The first-order valence-corrected chi connectivity index (χ1v) is 7.59. The summed E-state index contributed by atoms with van der Waals surface area (Å²) in [4.78, 5) is 26.9. The lowest BCUT2D eigenvalue weighted by molar-refractivity contribution is -0.139. The largest absolute Gasteiger partial charge is 0.480 e. The monoisotopic (exact) mass is 344 g/mol. The van der Waals surface area contributed by atoms with Crippen molar-refractivity contribution in [1.29, 1.82) is 0 Å². The standard InChI is InChI=1S/C13H24N6O5/c1-15-9(7-20)11-18-10(24-19-11)6-16-13(23)17-8(12(21)22)4-2-3-5-14/h8-9,15,20H,2-7,14H2,1H3,(H,21,22)(H2,16,17,23)/t8-,9?/m0/s1. The molecule has 0 bridgehead atoms. The Bertz CT molecular complexity index is 519. The van der Waals surface area contributed by atoms with E-state index in [9.17, 15) is 9.59 Å². The molecule has 0 spiro atoms. The second-order valence-corrected chi connectivity index (χ2v) is 5.07. The molecule has 0 saturated carbocycles. The third kappa shape index (κ3) is 6.48. The van der Waals surface area contributed by atoms with Crippen molar-refractivity contribution in [1.82, 2.24) is 26.1 Å². The molecule has 2 amide bonds. The number of unbranched alkanes of at least 4 members (excludes halogenated alkanes) is 1. The second kappa shape index (κ2) is 10.5. The molecular formula is C13H24N6O5. The van der Waals surface area contributed by atoms with Gasteiger partial charge in [0.25, 0.3) is 0 Å². The van der Waals surface area contributed by atoms with Crippen molar-refractivity contribution in [3.63, 3.8) is 0 Å². The molecule has 0 radical (unpaired) electrons. The Balaban J connectivity index is 2.45. The lowest BCUT2D eigenvalue weighted by Gasteiger charge is -2.14. The maximum atomic E-state index is 11.8. The summed E-state index contributed by atoms with van der Waals surface area (Å²) in [5, 5.41) is 29.5. The number of carboxylic acid groups (broad SMARTS) is 1. The van der Waals surface area contributed by atoms with Gasteiger partial charge in [0.15, 0.2) is 5.82 Å². The second-order valence-electron chi connectivity index (χ2n) is 5.07. The first-order chi connectivity index (χ1) is 11.5. The number of carbonyl (C=O) groups excluding carboxylic acids is 1. The Hall–Kier alpha value is -2.24. The Kier molecular flexibility index (Phi) is 8.68. The number of hydrogen-bond donors (Lipinski definition) is 6. The number of carboxylic acids is 1. The number of hydrogen-bond acceptors (Lipinski definition) is 8. The van der Waals surface area contributed by atoms with Crippen LogP contribution in [0.25, 0.3) is 0 Å². The average molecular weight is 344 g/mol. The predicted molar refractivity (Wildman–Crippen MR) is 82.9 cm³/mol. The van der Waals surface area contributed by atoms with E-state index >= 15 is 0 Å². The number of nitrogens with one attached hydrogen (secondary N) is 3. The zero-order chi connectivity index (χ0) is 17.9. The first-order valence-electron chi connectivity index (χ1n) is 7.59. The summed E-state index contributed by atoms with van der Waals surface area (Å²) in [5.74, 6) is -0.701. The molecule has 0 aliphatic carbocycles. The highest BCUT2D eigenvalue weighted by atomic mass is 16.5. The van der Waals surface area contributed by atoms with Crippen molar-refractivity contribution in [2.75, 3.05) is 20.2 Å². The minimum absolute atomic E-state index is 0.0597. The quantitative estimate of drug-likeness (QED) is 0.266. The number of aliphatic hydroxyl groups excluding tert-OH is 1. The highest BCUT2D eigenvalue weighted by Gasteiger charge is 2.20. The number of aliphatic carboxylic acids is 1. The van der Waals surface area contributed by atoms with Gasteiger partial charge in [0.05, 0.1) is 19.2 Å². The van der Waals surface area contributed by atoms with Gasteiger partial charge in [-0.3, -0.25) is 0 Å². The third-order valence-corrected chi connectivity index (χ3v) is 3.28. The summed E-state index contributed by atoms with van der Waals surface area (Å²) in [5.41, 5.74) is 5.36. The van der Waals surface area contributed by atoms with Crippen molar-refractivity contribution in [3.8, 4) is 0 Å². The molecule has 1 unspecified atom stereocenters. The van der Waals surface area contributed by atoms with Gasteiger partial charge in [-0.1, -0.05) is 5.16 Å². The minimum Gasteiger partial charge on any atom is -0.480 e. The molecule has 11 heteroatoms. The number of rotatable bonds is 11. The van der Waals surface area contributed by atoms with Crippen molar-refractivity contribution in [3.05, 3.63) is 11.7 Å². The molecule has 24 heavy (non-hydrogen) atoms. The number of nitrogens with zero attached hydrogens (tertiary/aromatic N) is 2. The van der Waals surface area contributed by atoms with Gasteiger partial charge >= 0.3 is 12.0 Å². The molecule has 0 aliphatic rings. The van der Waals surface area contributed by atoms with Crippen LogP contribution in [0.4, 0.5) is 4.79 Å². The maximum Gasteiger partial charge on any atom is 0.326 e. The maximum absolute atomic E-state index is 11.8. The van der Waals surface area contributed by atoms with Gasteiger partial charge in [0.2, 0.25) is 5.89 Å². The van der Waals surface area contributed by atoms with Gasteiger partial charge in [-0.05, 0) is 32.9 Å². The summed E-state index contributed by atoms with van der Waals surface area (Å²) in [6, 6.07) is -2.10. The van der Waals surface area contributed by atoms with Crippen LogP contribution in [-0.4, -0.2) is 58.6 Å². The van der Waals surface area contributed by atoms with E-state index in [-0.39, 0.29) is 24.9 Å². The van der Waals surface area contributed by atoms with Crippen LogP contribution < -0.4 is 21.7 Å².